The molecule has 0 N–H and O–H groups in total. The predicted octanol–water partition coefficient (Wildman–Crippen LogP) is 2.69. The molecule has 4 nitrogen and oxygen atoms in total. The van der Waals surface area contributed by atoms with Gasteiger partial charge in [0.25, 0.3) is 0 Å². The zero-order valence-corrected chi connectivity index (χ0v) is 12.8. The number of hydrogen-bond donors (Lipinski definition) is 0. The Labute approximate surface area is 126 Å². The normalized spacial score (nSPS) is 19.5. The van der Waals surface area contributed by atoms with Crippen molar-refractivity contribution in [1.29, 1.82) is 0 Å². The van der Waals surface area contributed by atoms with Crippen molar-refractivity contribution in [2.75, 3.05) is 13.1 Å². The van der Waals surface area contributed by atoms with Crippen molar-refractivity contribution < 1.29 is 9.59 Å². The SMILES string of the molecule is O=C1CCCN1C(c1ccc(Br)cc1)N1CCCC1=O. The second-order valence-electron chi connectivity index (χ2n) is 5.31. The summed E-state index contributed by atoms with van der Waals surface area (Å²) in [5.41, 5.74) is 1.01. The van der Waals surface area contributed by atoms with Crippen LogP contribution in [0.15, 0.2) is 28.7 Å². The van der Waals surface area contributed by atoms with Crippen LogP contribution in [0.5, 0.6) is 0 Å². The smallest absolute Gasteiger partial charge is 0.224 e. The van der Waals surface area contributed by atoms with Crippen LogP contribution in [0.1, 0.15) is 37.4 Å². The molecule has 0 spiro atoms. The lowest BCUT2D eigenvalue weighted by atomic mass is 10.1. The van der Waals surface area contributed by atoms with E-state index >= 15 is 0 Å². The monoisotopic (exact) mass is 336 g/mol. The fourth-order valence-corrected chi connectivity index (χ4v) is 3.28. The molecule has 0 aliphatic carbocycles. The minimum absolute atomic E-state index is 0.151. The van der Waals surface area contributed by atoms with Gasteiger partial charge in [0, 0.05) is 30.4 Å². The van der Waals surface area contributed by atoms with E-state index in [9.17, 15) is 9.59 Å². The minimum Gasteiger partial charge on any atom is -0.318 e. The highest BCUT2D eigenvalue weighted by Gasteiger charge is 2.37. The molecular weight excluding hydrogens is 320 g/mol. The van der Waals surface area contributed by atoms with E-state index in [0.717, 1.165) is 36.0 Å². The van der Waals surface area contributed by atoms with Crippen LogP contribution in [0.3, 0.4) is 0 Å². The molecule has 2 amide bonds. The van der Waals surface area contributed by atoms with Crippen molar-refractivity contribution in [3.8, 4) is 0 Å². The number of benzene rings is 1. The van der Waals surface area contributed by atoms with Crippen molar-refractivity contribution >= 4 is 27.7 Å². The largest absolute Gasteiger partial charge is 0.318 e. The predicted molar refractivity (Wildman–Crippen MR) is 78.8 cm³/mol. The van der Waals surface area contributed by atoms with Crippen LogP contribution in [0.2, 0.25) is 0 Å². The molecule has 5 heteroatoms. The zero-order chi connectivity index (χ0) is 14.1. The van der Waals surface area contributed by atoms with Crippen molar-refractivity contribution in [3.63, 3.8) is 0 Å². The van der Waals surface area contributed by atoms with Crippen LogP contribution >= 0.6 is 15.9 Å². The molecule has 2 fully saturated rings. The summed E-state index contributed by atoms with van der Waals surface area (Å²) in [5, 5.41) is 0. The Morgan fingerprint density at radius 3 is 1.80 bits per heavy atom. The highest BCUT2D eigenvalue weighted by atomic mass is 79.9. The molecule has 2 saturated heterocycles. The van der Waals surface area contributed by atoms with E-state index in [4.69, 9.17) is 0 Å². The molecule has 0 unspecified atom stereocenters. The van der Waals surface area contributed by atoms with Crippen LogP contribution in [-0.4, -0.2) is 34.7 Å². The summed E-state index contributed by atoms with van der Waals surface area (Å²) in [6.45, 7) is 1.48. The maximum atomic E-state index is 12.1. The molecule has 0 saturated carbocycles. The van der Waals surface area contributed by atoms with Crippen LogP contribution in [0.4, 0.5) is 0 Å². The van der Waals surface area contributed by atoms with Gasteiger partial charge in [0.1, 0.15) is 6.17 Å². The number of carbonyl (C=O) groups is 2. The number of amides is 2. The van der Waals surface area contributed by atoms with E-state index in [1.165, 1.54) is 0 Å². The molecule has 3 rings (SSSR count). The van der Waals surface area contributed by atoms with Gasteiger partial charge in [-0.2, -0.15) is 0 Å². The second kappa shape index (κ2) is 5.56. The molecular formula is C15H17BrN2O2. The lowest BCUT2D eigenvalue weighted by molar-refractivity contribution is -0.140. The van der Waals surface area contributed by atoms with Gasteiger partial charge >= 0.3 is 0 Å². The summed E-state index contributed by atoms with van der Waals surface area (Å²) in [6, 6.07) is 7.91. The first kappa shape index (κ1) is 13.6. The van der Waals surface area contributed by atoms with Crippen molar-refractivity contribution in [2.45, 2.75) is 31.8 Å². The van der Waals surface area contributed by atoms with Gasteiger partial charge in [0.2, 0.25) is 11.8 Å². The highest BCUT2D eigenvalue weighted by molar-refractivity contribution is 9.10. The third-order valence-electron chi connectivity index (χ3n) is 3.98. The molecule has 2 aliphatic heterocycles. The molecule has 0 bridgehead atoms. The number of nitrogens with zero attached hydrogens (tertiary/aromatic N) is 2. The van der Waals surface area contributed by atoms with Crippen LogP contribution in [-0.2, 0) is 9.59 Å². The summed E-state index contributed by atoms with van der Waals surface area (Å²) in [7, 11) is 0. The van der Waals surface area contributed by atoms with Crippen LogP contribution in [0, 0.1) is 0 Å². The van der Waals surface area contributed by atoms with Gasteiger partial charge in [-0.3, -0.25) is 9.59 Å². The number of likely N-dealkylation sites (tertiary alicyclic amines) is 2. The van der Waals surface area contributed by atoms with Crippen LogP contribution in [0.25, 0.3) is 0 Å². The molecule has 1 aromatic rings. The lowest BCUT2D eigenvalue weighted by Gasteiger charge is -2.35. The molecule has 0 radical (unpaired) electrons. The Hall–Kier alpha value is -1.36. The van der Waals surface area contributed by atoms with Gasteiger partial charge < -0.3 is 9.80 Å². The standard InChI is InChI=1S/C15H17BrN2O2/c16-12-7-5-11(6-8-12)15(17-9-1-3-13(17)19)18-10-2-4-14(18)20/h5-8,15H,1-4,9-10H2. The summed E-state index contributed by atoms with van der Waals surface area (Å²) in [4.78, 5) is 27.9. The molecule has 0 aromatic heterocycles. The fourth-order valence-electron chi connectivity index (χ4n) is 3.02. The number of hydrogen-bond acceptors (Lipinski definition) is 2. The van der Waals surface area contributed by atoms with E-state index in [1.54, 1.807) is 0 Å². The van der Waals surface area contributed by atoms with E-state index in [2.05, 4.69) is 15.9 Å². The minimum atomic E-state index is -0.229. The molecule has 0 atom stereocenters. The maximum absolute atomic E-state index is 12.1. The second-order valence-corrected chi connectivity index (χ2v) is 6.22. The van der Waals surface area contributed by atoms with Crippen LogP contribution < -0.4 is 0 Å². The Balaban J connectivity index is 1.96. The third-order valence-corrected chi connectivity index (χ3v) is 4.51. The quantitative estimate of drug-likeness (QED) is 0.851. The van der Waals surface area contributed by atoms with E-state index < -0.39 is 0 Å². The topological polar surface area (TPSA) is 40.6 Å². The molecule has 2 heterocycles. The average molecular weight is 337 g/mol. The zero-order valence-electron chi connectivity index (χ0n) is 11.2. The van der Waals surface area contributed by atoms with Gasteiger partial charge in [-0.05, 0) is 30.5 Å². The lowest BCUT2D eigenvalue weighted by Crippen LogP contribution is -2.42. The van der Waals surface area contributed by atoms with E-state index in [1.807, 2.05) is 34.1 Å². The summed E-state index contributed by atoms with van der Waals surface area (Å²) < 4.78 is 1.00. The maximum Gasteiger partial charge on any atom is 0.224 e. The summed E-state index contributed by atoms with van der Waals surface area (Å²) in [5.74, 6) is 0.301. The molecule has 106 valence electrons. The number of halogens is 1. The highest BCUT2D eigenvalue weighted by Crippen LogP contribution is 2.33. The molecule has 1 aromatic carbocycles. The molecule has 2 aliphatic rings. The number of rotatable bonds is 3. The van der Waals surface area contributed by atoms with Crippen molar-refractivity contribution in [1.82, 2.24) is 9.80 Å². The van der Waals surface area contributed by atoms with Gasteiger partial charge in [-0.1, -0.05) is 28.1 Å². The van der Waals surface area contributed by atoms with Gasteiger partial charge in [-0.25, -0.2) is 0 Å². The third kappa shape index (κ3) is 2.46. The van der Waals surface area contributed by atoms with E-state index in [-0.39, 0.29) is 18.0 Å². The first-order valence-corrected chi connectivity index (χ1v) is 7.80. The summed E-state index contributed by atoms with van der Waals surface area (Å²) in [6.07, 6.45) is 2.72. The molecule has 20 heavy (non-hydrogen) atoms. The summed E-state index contributed by atoms with van der Waals surface area (Å²) >= 11 is 3.42. The van der Waals surface area contributed by atoms with Crippen molar-refractivity contribution in [2.24, 2.45) is 0 Å². The van der Waals surface area contributed by atoms with E-state index in [0.29, 0.717) is 12.8 Å². The Kier molecular flexibility index (Phi) is 3.78. The van der Waals surface area contributed by atoms with Gasteiger partial charge in [0.05, 0.1) is 0 Å². The van der Waals surface area contributed by atoms with Gasteiger partial charge in [0.15, 0.2) is 0 Å². The fraction of sp³-hybridized carbons (Fsp3) is 0.467. The Bertz CT molecular complexity index is 503. The van der Waals surface area contributed by atoms with Gasteiger partial charge in [-0.15, -0.1) is 0 Å². The number of carbonyl (C=O) groups excluding carboxylic acids is 2. The Morgan fingerprint density at radius 2 is 1.40 bits per heavy atom. The van der Waals surface area contributed by atoms with Crippen molar-refractivity contribution in [3.05, 3.63) is 34.3 Å². The average Bonchev–Trinajstić information content (AvgIpc) is 3.03. The first-order valence-electron chi connectivity index (χ1n) is 7.01. The first-order chi connectivity index (χ1) is 9.66. The Morgan fingerprint density at radius 1 is 0.900 bits per heavy atom.